The molecule has 1 aromatic carbocycles. The Hall–Kier alpha value is -2.72. The van der Waals surface area contributed by atoms with Crippen molar-refractivity contribution in [3.63, 3.8) is 0 Å². The van der Waals surface area contributed by atoms with Gasteiger partial charge in [-0.1, -0.05) is 0 Å². The second kappa shape index (κ2) is 6.46. The van der Waals surface area contributed by atoms with E-state index in [1.807, 2.05) is 0 Å². The van der Waals surface area contributed by atoms with E-state index in [1.165, 1.54) is 32.2 Å². The SMILES string of the molecule is CS(=O)(=O)N1CCc2cc(C(=O)OCc3cc(=O)n4ccsc4n3)ccc21. The first-order valence-corrected chi connectivity index (χ1v) is 10.8. The molecular weight excluding hydrogens is 390 g/mol. The predicted octanol–water partition coefficient (Wildman–Crippen LogP) is 1.44. The molecule has 0 saturated heterocycles. The number of thiazole rings is 1. The van der Waals surface area contributed by atoms with Crippen LogP contribution in [0.2, 0.25) is 0 Å². The summed E-state index contributed by atoms with van der Waals surface area (Å²) in [6, 6.07) is 6.13. The minimum absolute atomic E-state index is 0.116. The van der Waals surface area contributed by atoms with Gasteiger partial charge in [-0.05, 0) is 30.2 Å². The van der Waals surface area contributed by atoms with Crippen LogP contribution in [0.1, 0.15) is 21.6 Å². The average Bonchev–Trinajstić information content (AvgIpc) is 3.25. The number of carbonyl (C=O) groups is 1. The lowest BCUT2D eigenvalue weighted by molar-refractivity contribution is 0.0467. The molecule has 0 spiro atoms. The minimum Gasteiger partial charge on any atom is -0.456 e. The zero-order chi connectivity index (χ0) is 19.2. The number of esters is 1. The van der Waals surface area contributed by atoms with Gasteiger partial charge in [-0.25, -0.2) is 18.2 Å². The van der Waals surface area contributed by atoms with E-state index in [0.29, 0.717) is 34.9 Å². The number of anilines is 1. The summed E-state index contributed by atoms with van der Waals surface area (Å²) in [5.74, 6) is -0.552. The predicted molar refractivity (Wildman–Crippen MR) is 101 cm³/mol. The zero-order valence-corrected chi connectivity index (χ0v) is 15.9. The van der Waals surface area contributed by atoms with Gasteiger partial charge in [0.25, 0.3) is 5.56 Å². The smallest absolute Gasteiger partial charge is 0.338 e. The Morgan fingerprint density at radius 3 is 2.93 bits per heavy atom. The molecule has 3 heterocycles. The van der Waals surface area contributed by atoms with Crippen LogP contribution < -0.4 is 9.86 Å². The van der Waals surface area contributed by atoms with Crippen molar-refractivity contribution in [3.8, 4) is 0 Å². The summed E-state index contributed by atoms with van der Waals surface area (Å²) in [6.07, 6.45) is 3.33. The average molecular weight is 405 g/mol. The molecule has 4 rings (SSSR count). The maximum atomic E-state index is 12.3. The molecule has 0 amide bonds. The monoisotopic (exact) mass is 405 g/mol. The van der Waals surface area contributed by atoms with E-state index >= 15 is 0 Å². The second-order valence-corrected chi connectivity index (χ2v) is 8.93. The molecule has 140 valence electrons. The summed E-state index contributed by atoms with van der Waals surface area (Å²) in [4.78, 5) is 29.1. The molecule has 1 aliphatic heterocycles. The standard InChI is InChI=1S/C17H15N3O5S2/c1-27(23,24)20-5-4-11-8-12(2-3-14(11)20)16(22)25-10-13-9-15(21)19-6-7-26-17(19)18-13/h2-3,6-9H,4-5,10H2,1H3. The van der Waals surface area contributed by atoms with E-state index < -0.39 is 16.0 Å². The summed E-state index contributed by atoms with van der Waals surface area (Å²) in [5, 5.41) is 1.75. The second-order valence-electron chi connectivity index (χ2n) is 6.15. The number of hydrogen-bond donors (Lipinski definition) is 0. The third-order valence-corrected chi connectivity index (χ3v) is 6.21. The van der Waals surface area contributed by atoms with Crippen molar-refractivity contribution < 1.29 is 17.9 Å². The van der Waals surface area contributed by atoms with Crippen molar-refractivity contribution in [2.45, 2.75) is 13.0 Å². The van der Waals surface area contributed by atoms with E-state index in [4.69, 9.17) is 4.74 Å². The van der Waals surface area contributed by atoms with Crippen molar-refractivity contribution in [2.24, 2.45) is 0 Å². The molecule has 10 heteroatoms. The van der Waals surface area contributed by atoms with Crippen LogP contribution in [0.4, 0.5) is 5.69 Å². The molecule has 0 aliphatic carbocycles. The van der Waals surface area contributed by atoms with Crippen molar-refractivity contribution in [3.05, 3.63) is 63.0 Å². The van der Waals surface area contributed by atoms with Crippen LogP contribution >= 0.6 is 11.3 Å². The van der Waals surface area contributed by atoms with E-state index in [-0.39, 0.29) is 12.2 Å². The van der Waals surface area contributed by atoms with Crippen LogP contribution in [-0.4, -0.2) is 36.6 Å². The van der Waals surface area contributed by atoms with E-state index in [2.05, 4.69) is 4.98 Å². The van der Waals surface area contributed by atoms with Crippen LogP contribution in [0, 0.1) is 0 Å². The number of fused-ring (bicyclic) bond motifs is 2. The van der Waals surface area contributed by atoms with Gasteiger partial charge in [0.05, 0.1) is 23.2 Å². The lowest BCUT2D eigenvalue weighted by Crippen LogP contribution is -2.27. The van der Waals surface area contributed by atoms with Crippen LogP contribution in [0.5, 0.6) is 0 Å². The number of sulfonamides is 1. The Balaban J connectivity index is 1.51. The fourth-order valence-corrected chi connectivity index (χ4v) is 4.72. The van der Waals surface area contributed by atoms with Gasteiger partial charge in [0.15, 0.2) is 4.96 Å². The number of benzene rings is 1. The van der Waals surface area contributed by atoms with Crippen molar-refractivity contribution in [1.29, 1.82) is 0 Å². The number of rotatable bonds is 4. The summed E-state index contributed by atoms with van der Waals surface area (Å²) in [6.45, 7) is 0.246. The number of carbonyl (C=O) groups excluding carboxylic acids is 1. The largest absolute Gasteiger partial charge is 0.456 e. The van der Waals surface area contributed by atoms with Crippen molar-refractivity contribution in [1.82, 2.24) is 9.38 Å². The fraction of sp³-hybridized carbons (Fsp3) is 0.235. The summed E-state index contributed by atoms with van der Waals surface area (Å²) in [7, 11) is -3.33. The summed E-state index contributed by atoms with van der Waals surface area (Å²) in [5.41, 5.74) is 1.85. The highest BCUT2D eigenvalue weighted by molar-refractivity contribution is 7.92. The Morgan fingerprint density at radius 1 is 1.33 bits per heavy atom. The van der Waals surface area contributed by atoms with Crippen LogP contribution in [0.3, 0.4) is 0 Å². The maximum Gasteiger partial charge on any atom is 0.338 e. The highest BCUT2D eigenvalue weighted by atomic mass is 32.2. The Morgan fingerprint density at radius 2 is 2.15 bits per heavy atom. The molecule has 2 aromatic heterocycles. The molecule has 3 aromatic rings. The number of hydrogen-bond acceptors (Lipinski definition) is 7. The molecule has 0 unspecified atom stereocenters. The van der Waals surface area contributed by atoms with Gasteiger partial charge in [0.2, 0.25) is 10.0 Å². The zero-order valence-electron chi connectivity index (χ0n) is 14.3. The molecule has 0 bridgehead atoms. The molecule has 0 fully saturated rings. The third-order valence-electron chi connectivity index (χ3n) is 4.28. The third kappa shape index (κ3) is 3.33. The molecule has 0 atom stereocenters. The maximum absolute atomic E-state index is 12.3. The van der Waals surface area contributed by atoms with Crippen LogP contribution in [0.25, 0.3) is 4.96 Å². The molecular formula is C17H15N3O5S2. The van der Waals surface area contributed by atoms with Gasteiger partial charge in [-0.15, -0.1) is 11.3 Å². The van der Waals surface area contributed by atoms with E-state index in [9.17, 15) is 18.0 Å². The quantitative estimate of drug-likeness (QED) is 0.609. The number of nitrogens with zero attached hydrogens (tertiary/aromatic N) is 3. The Kier molecular flexibility index (Phi) is 4.23. The highest BCUT2D eigenvalue weighted by Gasteiger charge is 2.27. The Bertz CT molecular complexity index is 1210. The molecule has 0 radical (unpaired) electrons. The first kappa shape index (κ1) is 17.7. The lowest BCUT2D eigenvalue weighted by atomic mass is 10.1. The number of aromatic nitrogens is 2. The Labute approximate surface area is 158 Å². The fourth-order valence-electron chi connectivity index (χ4n) is 3.03. The first-order chi connectivity index (χ1) is 12.8. The molecule has 27 heavy (non-hydrogen) atoms. The molecule has 8 nitrogen and oxygen atoms in total. The van der Waals surface area contributed by atoms with Gasteiger partial charge in [-0.3, -0.25) is 13.5 Å². The lowest BCUT2D eigenvalue weighted by Gasteiger charge is -2.16. The van der Waals surface area contributed by atoms with Crippen molar-refractivity contribution >= 4 is 38.0 Å². The molecule has 0 N–H and O–H groups in total. The van der Waals surface area contributed by atoms with Gasteiger partial charge >= 0.3 is 5.97 Å². The molecule has 1 aliphatic rings. The summed E-state index contributed by atoms with van der Waals surface area (Å²) >= 11 is 1.32. The normalized spacial score (nSPS) is 13.7. The minimum atomic E-state index is -3.33. The van der Waals surface area contributed by atoms with Crippen LogP contribution in [0.15, 0.2) is 40.6 Å². The number of ether oxygens (including phenoxy) is 1. The highest BCUT2D eigenvalue weighted by Crippen LogP contribution is 2.30. The molecule has 0 saturated carbocycles. The van der Waals surface area contributed by atoms with E-state index in [0.717, 1.165) is 11.8 Å². The summed E-state index contributed by atoms with van der Waals surface area (Å²) < 4.78 is 31.6. The van der Waals surface area contributed by atoms with Gasteiger partial charge in [0.1, 0.15) is 6.61 Å². The first-order valence-electron chi connectivity index (χ1n) is 8.06. The van der Waals surface area contributed by atoms with E-state index in [1.54, 1.807) is 23.7 Å². The van der Waals surface area contributed by atoms with Gasteiger partial charge in [-0.2, -0.15) is 0 Å². The van der Waals surface area contributed by atoms with Crippen LogP contribution in [-0.2, 0) is 27.8 Å². The van der Waals surface area contributed by atoms with Gasteiger partial charge in [0, 0.05) is 24.2 Å². The van der Waals surface area contributed by atoms with Gasteiger partial charge < -0.3 is 4.74 Å². The topological polar surface area (TPSA) is 98.0 Å². The van der Waals surface area contributed by atoms with Crippen molar-refractivity contribution in [2.75, 3.05) is 17.1 Å².